The fourth-order valence-electron chi connectivity index (χ4n) is 2.02. The number of hydrogen-bond donors (Lipinski definition) is 1. The minimum absolute atomic E-state index is 0.305. The largest absolute Gasteiger partial charge is 0.493 e. The Labute approximate surface area is 151 Å². The van der Waals surface area contributed by atoms with Gasteiger partial charge in [0.1, 0.15) is 11.6 Å². The number of thioether (sulfide) groups is 1. The molecule has 1 heterocycles. The molecule has 0 radical (unpaired) electrons. The van der Waals surface area contributed by atoms with Crippen molar-refractivity contribution >= 4 is 27.7 Å². The Morgan fingerprint density at radius 3 is 2.71 bits per heavy atom. The molecule has 0 atom stereocenters. The molecule has 2 N–H and O–H groups in total. The average molecular weight is 409 g/mol. The first-order chi connectivity index (χ1) is 11.6. The van der Waals surface area contributed by atoms with Crippen LogP contribution in [0.1, 0.15) is 0 Å². The SMILES string of the molecule is Nn1c(SCCOc2cccc(Br)c2)nnc1-c1ccc(F)cc1. The summed E-state index contributed by atoms with van der Waals surface area (Å²) in [6, 6.07) is 13.6. The van der Waals surface area contributed by atoms with E-state index >= 15 is 0 Å². The van der Waals surface area contributed by atoms with E-state index in [1.165, 1.54) is 28.6 Å². The van der Waals surface area contributed by atoms with Gasteiger partial charge in [-0.05, 0) is 42.5 Å². The van der Waals surface area contributed by atoms with E-state index in [2.05, 4.69) is 26.1 Å². The Bertz CT molecular complexity index is 825. The van der Waals surface area contributed by atoms with E-state index in [9.17, 15) is 4.39 Å². The molecule has 0 unspecified atom stereocenters. The number of nitrogens with two attached hydrogens (primary N) is 1. The van der Waals surface area contributed by atoms with Crippen LogP contribution in [0.2, 0.25) is 0 Å². The zero-order valence-electron chi connectivity index (χ0n) is 12.5. The van der Waals surface area contributed by atoms with Crippen LogP contribution in [0.5, 0.6) is 5.75 Å². The van der Waals surface area contributed by atoms with Gasteiger partial charge in [-0.3, -0.25) is 0 Å². The van der Waals surface area contributed by atoms with Gasteiger partial charge in [0, 0.05) is 15.8 Å². The van der Waals surface area contributed by atoms with Crippen molar-refractivity contribution in [1.29, 1.82) is 0 Å². The van der Waals surface area contributed by atoms with Crippen LogP contribution in [-0.2, 0) is 0 Å². The molecule has 3 rings (SSSR count). The molecule has 0 aliphatic rings. The van der Waals surface area contributed by atoms with Gasteiger partial charge in [-0.15, -0.1) is 10.2 Å². The number of benzene rings is 2. The maximum Gasteiger partial charge on any atom is 0.210 e. The zero-order chi connectivity index (χ0) is 16.9. The molecule has 0 fully saturated rings. The van der Waals surface area contributed by atoms with Gasteiger partial charge in [0.25, 0.3) is 0 Å². The zero-order valence-corrected chi connectivity index (χ0v) is 14.9. The van der Waals surface area contributed by atoms with E-state index in [0.717, 1.165) is 10.2 Å². The molecule has 2 aromatic carbocycles. The minimum atomic E-state index is -0.305. The third-order valence-corrected chi connectivity index (χ3v) is 4.55. The molecule has 0 aliphatic heterocycles. The van der Waals surface area contributed by atoms with Gasteiger partial charge in [0.2, 0.25) is 5.16 Å². The second-order valence-corrected chi connectivity index (χ2v) is 6.82. The highest BCUT2D eigenvalue weighted by Crippen LogP contribution is 2.22. The lowest BCUT2D eigenvalue weighted by Crippen LogP contribution is -2.12. The predicted molar refractivity (Wildman–Crippen MR) is 95.9 cm³/mol. The van der Waals surface area contributed by atoms with Crippen LogP contribution in [0.15, 0.2) is 58.2 Å². The fraction of sp³-hybridized carbons (Fsp3) is 0.125. The monoisotopic (exact) mass is 408 g/mol. The Balaban J connectivity index is 1.57. The number of ether oxygens (including phenoxy) is 1. The van der Waals surface area contributed by atoms with Crippen molar-refractivity contribution in [3.05, 3.63) is 58.8 Å². The summed E-state index contributed by atoms with van der Waals surface area (Å²) in [5.41, 5.74) is 0.712. The van der Waals surface area contributed by atoms with E-state index in [4.69, 9.17) is 10.6 Å². The van der Waals surface area contributed by atoms with Crippen molar-refractivity contribution in [2.45, 2.75) is 5.16 Å². The van der Waals surface area contributed by atoms with E-state index in [-0.39, 0.29) is 5.82 Å². The standard InChI is InChI=1S/C16H14BrFN4OS/c17-12-2-1-3-14(10-12)23-8-9-24-16-21-20-15(22(16)19)11-4-6-13(18)7-5-11/h1-7,10H,8-9,19H2. The Kier molecular flexibility index (Phi) is 5.37. The second-order valence-electron chi connectivity index (χ2n) is 4.84. The van der Waals surface area contributed by atoms with Crippen molar-refractivity contribution < 1.29 is 9.13 Å². The van der Waals surface area contributed by atoms with E-state index < -0.39 is 0 Å². The van der Waals surface area contributed by atoms with Gasteiger partial charge in [-0.25, -0.2) is 9.07 Å². The van der Waals surface area contributed by atoms with Crippen LogP contribution in [0, 0.1) is 5.82 Å². The summed E-state index contributed by atoms with van der Waals surface area (Å²) in [7, 11) is 0. The van der Waals surface area contributed by atoms with Crippen LogP contribution in [0.25, 0.3) is 11.4 Å². The van der Waals surface area contributed by atoms with Crippen LogP contribution >= 0.6 is 27.7 Å². The molecule has 0 saturated heterocycles. The highest BCUT2D eigenvalue weighted by molar-refractivity contribution is 9.10. The number of halogens is 2. The maximum absolute atomic E-state index is 13.0. The Morgan fingerprint density at radius 2 is 1.96 bits per heavy atom. The fourth-order valence-corrected chi connectivity index (χ4v) is 3.07. The van der Waals surface area contributed by atoms with Crippen LogP contribution in [0.3, 0.4) is 0 Å². The smallest absolute Gasteiger partial charge is 0.210 e. The second kappa shape index (κ2) is 7.67. The molecule has 0 spiro atoms. The summed E-state index contributed by atoms with van der Waals surface area (Å²) in [6.07, 6.45) is 0. The van der Waals surface area contributed by atoms with Gasteiger partial charge in [-0.2, -0.15) is 0 Å². The van der Waals surface area contributed by atoms with Gasteiger partial charge in [0.15, 0.2) is 5.82 Å². The summed E-state index contributed by atoms with van der Waals surface area (Å²) in [4.78, 5) is 0. The lowest BCUT2D eigenvalue weighted by Gasteiger charge is -2.06. The van der Waals surface area contributed by atoms with Gasteiger partial charge in [-0.1, -0.05) is 33.8 Å². The lowest BCUT2D eigenvalue weighted by atomic mass is 10.2. The lowest BCUT2D eigenvalue weighted by molar-refractivity contribution is 0.343. The highest BCUT2D eigenvalue weighted by Gasteiger charge is 2.12. The topological polar surface area (TPSA) is 66.0 Å². The van der Waals surface area contributed by atoms with Crippen molar-refractivity contribution in [2.24, 2.45) is 0 Å². The molecule has 24 heavy (non-hydrogen) atoms. The summed E-state index contributed by atoms with van der Waals surface area (Å²) in [5.74, 6) is 7.67. The summed E-state index contributed by atoms with van der Waals surface area (Å²) < 4.78 is 21.0. The first kappa shape index (κ1) is 16.8. The molecule has 1 aromatic heterocycles. The quantitative estimate of drug-likeness (QED) is 0.382. The maximum atomic E-state index is 13.0. The van der Waals surface area contributed by atoms with Crippen LogP contribution in [-0.4, -0.2) is 27.2 Å². The molecule has 124 valence electrons. The van der Waals surface area contributed by atoms with E-state index in [1.807, 2.05) is 24.3 Å². The number of rotatable bonds is 6. The third kappa shape index (κ3) is 4.07. The van der Waals surface area contributed by atoms with E-state index in [0.29, 0.717) is 28.9 Å². The molecule has 5 nitrogen and oxygen atoms in total. The first-order valence-electron chi connectivity index (χ1n) is 7.11. The van der Waals surface area contributed by atoms with E-state index in [1.54, 1.807) is 12.1 Å². The molecule has 0 bridgehead atoms. The molecule has 3 aromatic rings. The van der Waals surface area contributed by atoms with Crippen molar-refractivity contribution in [3.63, 3.8) is 0 Å². The molecule has 0 amide bonds. The van der Waals surface area contributed by atoms with Crippen LogP contribution in [0.4, 0.5) is 4.39 Å². The van der Waals surface area contributed by atoms with Crippen LogP contribution < -0.4 is 10.6 Å². The first-order valence-corrected chi connectivity index (χ1v) is 8.89. The minimum Gasteiger partial charge on any atom is -0.493 e. The number of nitrogens with zero attached hydrogens (tertiary/aromatic N) is 3. The third-order valence-electron chi connectivity index (χ3n) is 3.15. The summed E-state index contributed by atoms with van der Waals surface area (Å²) >= 11 is 4.84. The van der Waals surface area contributed by atoms with Gasteiger partial charge < -0.3 is 10.6 Å². The average Bonchev–Trinajstić information content (AvgIpc) is 2.93. The van der Waals surface area contributed by atoms with Gasteiger partial charge >= 0.3 is 0 Å². The Hall–Kier alpha value is -2.06. The molecular formula is C16H14BrFN4OS. The highest BCUT2D eigenvalue weighted by atomic mass is 79.9. The summed E-state index contributed by atoms with van der Waals surface area (Å²) in [5, 5.41) is 8.71. The number of aromatic nitrogens is 3. The summed E-state index contributed by atoms with van der Waals surface area (Å²) in [6.45, 7) is 0.514. The van der Waals surface area contributed by atoms with Crippen molar-refractivity contribution in [2.75, 3.05) is 18.2 Å². The van der Waals surface area contributed by atoms with Crippen molar-refractivity contribution in [1.82, 2.24) is 14.9 Å². The molecule has 0 aliphatic carbocycles. The molecular weight excluding hydrogens is 395 g/mol. The van der Waals surface area contributed by atoms with Gasteiger partial charge in [0.05, 0.1) is 6.61 Å². The molecule has 8 heteroatoms. The predicted octanol–water partition coefficient (Wildman–Crippen LogP) is 3.73. The normalized spacial score (nSPS) is 10.8. The molecule has 0 saturated carbocycles. The Morgan fingerprint density at radius 1 is 1.17 bits per heavy atom. The number of hydrogen-bond acceptors (Lipinski definition) is 5. The van der Waals surface area contributed by atoms with Crippen molar-refractivity contribution in [3.8, 4) is 17.1 Å². The number of nitrogen functional groups attached to an aromatic ring is 1.